The number of aryl methyl sites for hydroxylation is 1. The quantitative estimate of drug-likeness (QED) is 0.0414. The van der Waals surface area contributed by atoms with Crippen LogP contribution < -0.4 is 14.8 Å². The monoisotopic (exact) mass is 708 g/mol. The van der Waals surface area contributed by atoms with Crippen molar-refractivity contribution in [1.82, 2.24) is 25.1 Å². The molecule has 15 heteroatoms. The lowest BCUT2D eigenvalue weighted by Gasteiger charge is -2.19. The molecule has 0 radical (unpaired) electrons. The van der Waals surface area contributed by atoms with Crippen molar-refractivity contribution in [2.75, 3.05) is 13.6 Å². The second kappa shape index (κ2) is 18.0. The molecule has 0 aliphatic heterocycles. The van der Waals surface area contributed by atoms with Gasteiger partial charge in [0.1, 0.15) is 36.2 Å². The third-order valence-electron chi connectivity index (χ3n) is 6.09. The fourth-order valence-corrected chi connectivity index (χ4v) is 4.37. The Labute approximate surface area is 284 Å². The first-order valence-electron chi connectivity index (χ1n) is 14.6. The Hall–Kier alpha value is -3.44. The number of halogens is 2. The number of unbranched alkanes of at least 4 members (excludes halogenated alkanes) is 1. The summed E-state index contributed by atoms with van der Waals surface area (Å²) in [6, 6.07) is 14.8. The van der Waals surface area contributed by atoms with E-state index in [0.717, 1.165) is 23.2 Å². The summed E-state index contributed by atoms with van der Waals surface area (Å²) in [6.45, 7) is 6.13. The molecule has 0 spiro atoms. The summed E-state index contributed by atoms with van der Waals surface area (Å²) in [6.07, 6.45) is 9.47. The van der Waals surface area contributed by atoms with Crippen LogP contribution in [0.2, 0.25) is 0 Å². The lowest BCUT2D eigenvalue weighted by molar-refractivity contribution is -0.154. The SMILES string of the molecule is CN(/N=C/c1ccc(OC=COc2ccc(CCNC(=O)Cn3cc(CCCCC(=O)OC(C)(C)C)nn3)cc2)cc1)P(=S)(Cl)Cl. The Morgan fingerprint density at radius 3 is 2.26 bits per heavy atom. The first-order valence-corrected chi connectivity index (χ1v) is 19.2. The molecule has 2 aromatic carbocycles. The van der Waals surface area contributed by atoms with Crippen LogP contribution in [0.15, 0.2) is 72.4 Å². The largest absolute Gasteiger partial charge is 0.462 e. The number of nitrogens with one attached hydrogen (secondary N) is 1. The second-order valence-corrected chi connectivity index (χ2v) is 18.9. The van der Waals surface area contributed by atoms with Crippen LogP contribution in [0.25, 0.3) is 0 Å². The molecule has 0 aliphatic rings. The molecule has 0 atom stereocenters. The molecule has 1 aromatic heterocycles. The second-order valence-electron chi connectivity index (χ2n) is 11.2. The van der Waals surface area contributed by atoms with Crippen LogP contribution in [0.3, 0.4) is 0 Å². The van der Waals surface area contributed by atoms with Gasteiger partial charge in [-0.3, -0.25) is 9.59 Å². The van der Waals surface area contributed by atoms with Gasteiger partial charge in [0.05, 0.1) is 11.9 Å². The molecular formula is C31H39Cl2N6O5PS. The van der Waals surface area contributed by atoms with Crippen LogP contribution in [0.4, 0.5) is 0 Å². The number of carbonyl (C=O) groups is 2. The third-order valence-corrected chi connectivity index (χ3v) is 8.89. The summed E-state index contributed by atoms with van der Waals surface area (Å²) in [4.78, 5) is 21.5. The maximum absolute atomic E-state index is 12.4. The third kappa shape index (κ3) is 14.8. The maximum Gasteiger partial charge on any atom is 0.306 e. The van der Waals surface area contributed by atoms with Crippen LogP contribution in [0, 0.1) is 0 Å². The number of amides is 1. The molecule has 1 N–H and O–H groups in total. The molecule has 1 heterocycles. The molecule has 0 saturated carbocycles. The van der Waals surface area contributed by atoms with Crippen molar-refractivity contribution in [2.45, 2.75) is 65.0 Å². The standard InChI is InChI=1S/C31H39Cl2N6O5PS/c1-31(2,3)44-30(41)8-6-5-7-26-22-39(37-36-26)23-29(40)34-18-17-24-9-13-27(14-10-24)42-19-20-43-28-15-11-25(12-16-28)21-35-38(4)45(32,33)46/h9-16,19-22H,5-8,17-18,23H2,1-4H3,(H,34,40)/b20-19?,35-21+. The predicted octanol–water partition coefficient (Wildman–Crippen LogP) is 6.59. The zero-order valence-corrected chi connectivity index (χ0v) is 29.5. The van der Waals surface area contributed by atoms with Gasteiger partial charge in [-0.05, 0) is 128 Å². The van der Waals surface area contributed by atoms with E-state index in [1.165, 1.54) is 22.0 Å². The smallest absolute Gasteiger partial charge is 0.306 e. The normalized spacial score (nSPS) is 12.0. The number of ether oxygens (including phenoxy) is 3. The Morgan fingerprint density at radius 2 is 1.65 bits per heavy atom. The highest BCUT2D eigenvalue weighted by Gasteiger charge is 2.16. The van der Waals surface area contributed by atoms with E-state index in [2.05, 4.69) is 20.7 Å². The van der Waals surface area contributed by atoms with Crippen molar-refractivity contribution in [2.24, 2.45) is 5.10 Å². The molecule has 1 amide bonds. The molecule has 11 nitrogen and oxygen atoms in total. The summed E-state index contributed by atoms with van der Waals surface area (Å²) in [5.41, 5.74) is 2.20. The highest BCUT2D eigenvalue weighted by molar-refractivity contribution is 8.37. The Balaban J connectivity index is 1.30. The molecule has 0 fully saturated rings. The van der Waals surface area contributed by atoms with E-state index < -0.39 is 10.5 Å². The molecule has 0 unspecified atom stereocenters. The minimum absolute atomic E-state index is 0.0856. The van der Waals surface area contributed by atoms with Gasteiger partial charge in [-0.1, -0.05) is 17.3 Å². The zero-order chi connectivity index (χ0) is 33.6. The molecule has 248 valence electrons. The summed E-state index contributed by atoms with van der Waals surface area (Å²) in [5.74, 6) is 0.923. The lowest BCUT2D eigenvalue weighted by Crippen LogP contribution is -2.29. The van der Waals surface area contributed by atoms with E-state index in [0.29, 0.717) is 43.7 Å². The molecule has 0 saturated heterocycles. The molecule has 3 rings (SSSR count). The number of hydrazone groups is 1. The van der Waals surface area contributed by atoms with Crippen LogP contribution >= 0.6 is 27.4 Å². The fourth-order valence-electron chi connectivity index (χ4n) is 3.84. The molecular weight excluding hydrogens is 670 g/mol. The number of hydrogen-bond donors (Lipinski definition) is 1. The molecule has 0 aliphatic carbocycles. The number of rotatable bonds is 17. The van der Waals surface area contributed by atoms with Gasteiger partial charge in [-0.15, -0.1) is 5.10 Å². The van der Waals surface area contributed by atoms with E-state index in [1.807, 2.05) is 57.2 Å². The van der Waals surface area contributed by atoms with Crippen LogP contribution in [-0.4, -0.2) is 57.1 Å². The number of esters is 1. The van der Waals surface area contributed by atoms with E-state index in [-0.39, 0.29) is 18.4 Å². The van der Waals surface area contributed by atoms with Crippen LogP contribution in [-0.2, 0) is 45.5 Å². The topological polar surface area (TPSA) is 120 Å². The van der Waals surface area contributed by atoms with Gasteiger partial charge in [-0.25, -0.2) is 9.46 Å². The van der Waals surface area contributed by atoms with Crippen LogP contribution in [0.1, 0.15) is 56.9 Å². The minimum Gasteiger partial charge on any atom is -0.462 e. The number of nitrogens with zero attached hydrogens (tertiary/aromatic N) is 5. The molecule has 46 heavy (non-hydrogen) atoms. The van der Waals surface area contributed by atoms with Crippen molar-refractivity contribution in [3.8, 4) is 11.5 Å². The maximum atomic E-state index is 12.4. The fraction of sp³-hybridized carbons (Fsp3) is 0.387. The first kappa shape index (κ1) is 37.0. The van der Waals surface area contributed by atoms with E-state index >= 15 is 0 Å². The average molecular weight is 710 g/mol. The van der Waals surface area contributed by atoms with Crippen molar-refractivity contribution >= 4 is 57.3 Å². The van der Waals surface area contributed by atoms with E-state index in [4.69, 9.17) is 48.5 Å². The summed E-state index contributed by atoms with van der Waals surface area (Å²) in [7, 11) is 1.63. The predicted molar refractivity (Wildman–Crippen MR) is 185 cm³/mol. The highest BCUT2D eigenvalue weighted by Crippen LogP contribution is 2.59. The van der Waals surface area contributed by atoms with Crippen molar-refractivity contribution in [3.63, 3.8) is 0 Å². The van der Waals surface area contributed by atoms with Gasteiger partial charge < -0.3 is 19.5 Å². The molecule has 3 aromatic rings. The highest BCUT2D eigenvalue weighted by atomic mass is 35.9. The van der Waals surface area contributed by atoms with Gasteiger partial charge in [0.15, 0.2) is 0 Å². The van der Waals surface area contributed by atoms with Crippen molar-refractivity contribution in [1.29, 1.82) is 0 Å². The van der Waals surface area contributed by atoms with Gasteiger partial charge >= 0.3 is 5.97 Å². The number of carbonyl (C=O) groups excluding carboxylic acids is 2. The van der Waals surface area contributed by atoms with Gasteiger partial charge in [0, 0.05) is 26.2 Å². The zero-order valence-electron chi connectivity index (χ0n) is 26.3. The van der Waals surface area contributed by atoms with Crippen molar-refractivity contribution in [3.05, 3.63) is 84.1 Å². The van der Waals surface area contributed by atoms with E-state index in [1.54, 1.807) is 31.6 Å². The van der Waals surface area contributed by atoms with Crippen molar-refractivity contribution < 1.29 is 23.8 Å². The lowest BCUT2D eigenvalue weighted by atomic mass is 10.1. The van der Waals surface area contributed by atoms with Crippen LogP contribution in [0.5, 0.6) is 11.5 Å². The first-order chi connectivity index (χ1) is 21.8. The van der Waals surface area contributed by atoms with Gasteiger partial charge in [-0.2, -0.15) is 5.10 Å². The Bertz CT molecular complexity index is 1520. The average Bonchev–Trinajstić information content (AvgIpc) is 3.43. The Kier molecular flexibility index (Phi) is 14.5. The summed E-state index contributed by atoms with van der Waals surface area (Å²) >= 11 is 16.8. The number of aromatic nitrogens is 3. The summed E-state index contributed by atoms with van der Waals surface area (Å²) in [5, 5.41) is 15.2. The van der Waals surface area contributed by atoms with E-state index in [9.17, 15) is 9.59 Å². The number of hydrogen-bond acceptors (Lipinski definition) is 9. The van der Waals surface area contributed by atoms with Gasteiger partial charge in [0.25, 0.3) is 0 Å². The minimum atomic E-state index is -2.64. The Morgan fingerprint density at radius 1 is 1.02 bits per heavy atom. The summed E-state index contributed by atoms with van der Waals surface area (Å²) < 4.78 is 19.4. The number of benzene rings is 2. The molecule has 0 bridgehead atoms. The van der Waals surface area contributed by atoms with Gasteiger partial charge in [0.2, 0.25) is 10.8 Å².